The first-order valence-electron chi connectivity index (χ1n) is 11.9. The predicted molar refractivity (Wildman–Crippen MR) is 144 cm³/mol. The molecule has 7 heteroatoms. The number of fused-ring (bicyclic) bond motifs is 1. The van der Waals surface area contributed by atoms with Crippen LogP contribution in [0.5, 0.6) is 0 Å². The second-order valence-electron chi connectivity index (χ2n) is 9.90. The van der Waals surface area contributed by atoms with E-state index >= 15 is 0 Å². The molecule has 2 aromatic heterocycles. The van der Waals surface area contributed by atoms with Crippen LogP contribution in [0.25, 0.3) is 50.8 Å². The van der Waals surface area contributed by atoms with Crippen molar-refractivity contribution < 1.29 is 13.9 Å². The third-order valence-corrected chi connectivity index (χ3v) is 6.04. The molecule has 37 heavy (non-hydrogen) atoms. The number of aromatic nitrogens is 4. The number of hydrogen-bond donors (Lipinski definition) is 0. The van der Waals surface area contributed by atoms with E-state index in [9.17, 15) is 9.18 Å². The van der Waals surface area contributed by atoms with Gasteiger partial charge in [0.1, 0.15) is 17.7 Å². The van der Waals surface area contributed by atoms with Crippen molar-refractivity contribution in [2.45, 2.75) is 26.4 Å². The van der Waals surface area contributed by atoms with E-state index in [1.807, 2.05) is 76.3 Å². The lowest BCUT2D eigenvalue weighted by Gasteiger charge is -2.21. The van der Waals surface area contributed by atoms with Crippen molar-refractivity contribution in [2.24, 2.45) is 7.05 Å². The molecule has 0 N–H and O–H groups in total. The molecule has 2 heterocycles. The highest BCUT2D eigenvalue weighted by Crippen LogP contribution is 2.36. The second-order valence-corrected chi connectivity index (χ2v) is 9.90. The lowest BCUT2D eigenvalue weighted by Crippen LogP contribution is -2.27. The molecule has 0 aliphatic rings. The Morgan fingerprint density at radius 3 is 2.49 bits per heavy atom. The van der Waals surface area contributed by atoms with Crippen molar-refractivity contribution in [2.75, 3.05) is 0 Å². The average Bonchev–Trinajstić information content (AvgIpc) is 3.46. The number of nitrogens with zero attached hydrogens (tertiary/aromatic N) is 4. The van der Waals surface area contributed by atoms with Gasteiger partial charge in [-0.05, 0) is 79.4 Å². The van der Waals surface area contributed by atoms with Gasteiger partial charge >= 0.3 is 6.09 Å². The minimum Gasteiger partial charge on any atom is -0.443 e. The van der Waals surface area contributed by atoms with Crippen LogP contribution >= 0.6 is 0 Å². The molecule has 0 aliphatic carbocycles. The Bertz CT molecular complexity index is 1660. The number of ether oxygens (including phenoxy) is 1. The van der Waals surface area contributed by atoms with Crippen molar-refractivity contribution >= 4 is 23.1 Å². The van der Waals surface area contributed by atoms with Crippen molar-refractivity contribution in [3.05, 3.63) is 91.0 Å². The Morgan fingerprint density at radius 2 is 1.78 bits per heavy atom. The highest BCUT2D eigenvalue weighted by molar-refractivity contribution is 5.97. The fraction of sp³-hybridized carbons (Fsp3) is 0.167. The van der Waals surface area contributed by atoms with Gasteiger partial charge in [0.05, 0.1) is 11.2 Å². The van der Waals surface area contributed by atoms with E-state index in [-0.39, 0.29) is 5.82 Å². The van der Waals surface area contributed by atoms with Crippen LogP contribution in [-0.2, 0) is 11.8 Å². The minimum atomic E-state index is -0.660. The number of carbonyl (C=O) groups excluding carboxylic acids is 1. The van der Waals surface area contributed by atoms with Crippen LogP contribution in [0.15, 0.2) is 79.6 Å². The van der Waals surface area contributed by atoms with Crippen LogP contribution in [0.3, 0.4) is 0 Å². The van der Waals surface area contributed by atoms with Gasteiger partial charge in [-0.25, -0.2) is 13.8 Å². The van der Waals surface area contributed by atoms with Gasteiger partial charge in [0, 0.05) is 18.0 Å². The lowest BCUT2D eigenvalue weighted by molar-refractivity contribution is 0.0547. The third kappa shape index (κ3) is 4.68. The van der Waals surface area contributed by atoms with Gasteiger partial charge in [-0.1, -0.05) is 43.0 Å². The molecule has 0 radical (unpaired) electrons. The predicted octanol–water partition coefficient (Wildman–Crippen LogP) is 7.34. The maximum absolute atomic E-state index is 14.3. The Balaban J connectivity index is 1.70. The number of benzene rings is 3. The van der Waals surface area contributed by atoms with Crippen molar-refractivity contribution in [3.8, 4) is 33.8 Å². The molecule has 0 fully saturated rings. The van der Waals surface area contributed by atoms with Gasteiger partial charge in [0.2, 0.25) is 0 Å². The maximum atomic E-state index is 14.3. The molecular formula is C30H27FN4O2. The van der Waals surface area contributed by atoms with Crippen molar-refractivity contribution in [1.82, 2.24) is 19.3 Å². The van der Waals surface area contributed by atoms with E-state index in [0.29, 0.717) is 17.1 Å². The molecule has 0 bridgehead atoms. The largest absolute Gasteiger partial charge is 0.443 e. The molecular weight excluding hydrogens is 467 g/mol. The number of rotatable bonds is 4. The van der Waals surface area contributed by atoms with Crippen molar-refractivity contribution in [3.63, 3.8) is 0 Å². The Labute approximate surface area is 214 Å². The average molecular weight is 495 g/mol. The van der Waals surface area contributed by atoms with Gasteiger partial charge in [-0.3, -0.25) is 0 Å². The third-order valence-electron chi connectivity index (χ3n) is 6.04. The van der Waals surface area contributed by atoms with E-state index in [4.69, 9.17) is 4.74 Å². The summed E-state index contributed by atoms with van der Waals surface area (Å²) in [4.78, 5) is 13.4. The first kappa shape index (κ1) is 24.2. The van der Waals surface area contributed by atoms with Crippen LogP contribution in [0.1, 0.15) is 26.3 Å². The van der Waals surface area contributed by atoms with Crippen LogP contribution in [0.4, 0.5) is 9.18 Å². The van der Waals surface area contributed by atoms with Gasteiger partial charge in [-0.15, -0.1) is 10.2 Å². The van der Waals surface area contributed by atoms with Gasteiger partial charge in [0.25, 0.3) is 0 Å². The highest BCUT2D eigenvalue weighted by atomic mass is 19.1. The summed E-state index contributed by atoms with van der Waals surface area (Å²) < 4.78 is 23.4. The molecule has 6 nitrogen and oxygen atoms in total. The summed E-state index contributed by atoms with van der Waals surface area (Å²) in [5.41, 5.74) is 4.81. The second kappa shape index (κ2) is 9.17. The molecule has 3 aromatic carbocycles. The molecule has 0 amide bonds. The number of halogens is 1. The number of aryl methyl sites for hydroxylation is 1. The molecule has 0 atom stereocenters. The fourth-order valence-corrected chi connectivity index (χ4v) is 4.40. The quantitative estimate of drug-likeness (QED) is 0.262. The normalized spacial score (nSPS) is 11.6. The smallest absolute Gasteiger partial charge is 0.419 e. The molecule has 5 aromatic rings. The number of carbonyl (C=O) groups is 1. The van der Waals surface area contributed by atoms with Crippen LogP contribution in [0, 0.1) is 5.82 Å². The summed E-state index contributed by atoms with van der Waals surface area (Å²) in [6.07, 6.45) is 2.89. The summed E-state index contributed by atoms with van der Waals surface area (Å²) in [7, 11) is 1.82. The molecule has 0 unspecified atom stereocenters. The molecule has 5 rings (SSSR count). The Morgan fingerprint density at radius 1 is 1.00 bits per heavy atom. The Kier molecular flexibility index (Phi) is 5.99. The molecule has 0 spiro atoms. The molecule has 0 aliphatic heterocycles. The van der Waals surface area contributed by atoms with Crippen LogP contribution in [-0.4, -0.2) is 31.0 Å². The van der Waals surface area contributed by atoms with Gasteiger partial charge in [-0.2, -0.15) is 0 Å². The van der Waals surface area contributed by atoms with E-state index < -0.39 is 11.7 Å². The van der Waals surface area contributed by atoms with Crippen LogP contribution in [0.2, 0.25) is 0 Å². The topological polar surface area (TPSA) is 61.9 Å². The lowest BCUT2D eigenvalue weighted by atomic mass is 9.96. The highest BCUT2D eigenvalue weighted by Gasteiger charge is 2.23. The zero-order chi connectivity index (χ0) is 26.3. The SMILES string of the molecule is C=Cc1ccc2c(c1)cc(-c1cccc(-c3ccc(F)cc3-c3nncn3C)c1)n2C(=O)OC(C)(C)C. The van der Waals surface area contributed by atoms with Gasteiger partial charge in [0.15, 0.2) is 5.82 Å². The van der Waals surface area contributed by atoms with E-state index in [1.54, 1.807) is 27.6 Å². The van der Waals surface area contributed by atoms with Gasteiger partial charge < -0.3 is 9.30 Å². The monoisotopic (exact) mass is 494 g/mol. The van der Waals surface area contributed by atoms with Crippen molar-refractivity contribution in [1.29, 1.82) is 0 Å². The fourth-order valence-electron chi connectivity index (χ4n) is 4.40. The maximum Gasteiger partial charge on any atom is 0.419 e. The summed E-state index contributed by atoms with van der Waals surface area (Å²) in [6.45, 7) is 9.39. The van der Waals surface area contributed by atoms with E-state index in [1.165, 1.54) is 12.1 Å². The zero-order valence-electron chi connectivity index (χ0n) is 21.2. The summed E-state index contributed by atoms with van der Waals surface area (Å²) in [5, 5.41) is 9.03. The van der Waals surface area contributed by atoms with Crippen LogP contribution < -0.4 is 0 Å². The molecule has 0 saturated heterocycles. The summed E-state index contributed by atoms with van der Waals surface area (Å²) >= 11 is 0. The minimum absolute atomic E-state index is 0.360. The first-order valence-corrected chi connectivity index (χ1v) is 11.9. The number of hydrogen-bond acceptors (Lipinski definition) is 4. The van der Waals surface area contributed by atoms with E-state index in [2.05, 4.69) is 16.8 Å². The summed E-state index contributed by atoms with van der Waals surface area (Å²) in [5.74, 6) is 0.195. The zero-order valence-corrected chi connectivity index (χ0v) is 21.2. The molecule has 186 valence electrons. The first-order chi connectivity index (χ1) is 17.6. The summed E-state index contributed by atoms with van der Waals surface area (Å²) in [6, 6.07) is 20.2. The Hall–Kier alpha value is -4.52. The van der Waals surface area contributed by atoms with E-state index in [0.717, 1.165) is 33.2 Å². The molecule has 0 saturated carbocycles. The standard InChI is InChI=1S/C30H27FN4O2/c1-6-19-10-13-26-22(14-19)16-27(35(26)29(36)37-30(2,3)4)21-9-7-8-20(15-21)24-12-11-23(31)17-25(24)28-33-32-18-34(28)5/h6-18H,1H2,2-5H3.